The van der Waals surface area contributed by atoms with Crippen LogP contribution in [0.1, 0.15) is 13.8 Å². The zero-order valence-corrected chi connectivity index (χ0v) is 11.1. The van der Waals surface area contributed by atoms with Gasteiger partial charge in [0, 0.05) is 10.6 Å². The third-order valence-electron chi connectivity index (χ3n) is 2.40. The first-order chi connectivity index (χ1) is 7.99. The lowest BCUT2D eigenvalue weighted by Crippen LogP contribution is -2.42. The summed E-state index contributed by atoms with van der Waals surface area (Å²) < 4.78 is 5.08. The molecular formula is C12H18N2O2S. The fraction of sp³-hybridized carbons (Fsp3) is 0.417. The predicted octanol–water partition coefficient (Wildman–Crippen LogP) is 1.80. The van der Waals surface area contributed by atoms with Crippen LogP contribution in [0.25, 0.3) is 0 Å². The lowest BCUT2D eigenvalue weighted by molar-refractivity contribution is -0.128. The van der Waals surface area contributed by atoms with E-state index in [0.29, 0.717) is 5.75 Å². The number of benzene rings is 1. The molecule has 0 saturated heterocycles. The van der Waals surface area contributed by atoms with Crippen molar-refractivity contribution in [1.29, 1.82) is 0 Å². The molecule has 0 spiro atoms. The third kappa shape index (κ3) is 3.94. The van der Waals surface area contributed by atoms with Gasteiger partial charge in [-0.05, 0) is 24.3 Å². The number of carbonyl (C=O) groups excluding carboxylic acids is 1. The fourth-order valence-corrected chi connectivity index (χ4v) is 2.18. The molecule has 1 rings (SSSR count). The molecule has 1 amide bonds. The zero-order chi connectivity index (χ0) is 12.9. The van der Waals surface area contributed by atoms with Crippen LogP contribution in [-0.4, -0.2) is 18.8 Å². The molecule has 0 radical (unpaired) electrons. The molecule has 0 atom stereocenters. The Morgan fingerprint density at radius 2 is 2.00 bits per heavy atom. The Balaban J connectivity index is 2.57. The quantitative estimate of drug-likeness (QED) is 0.364. The van der Waals surface area contributed by atoms with Gasteiger partial charge in [0.15, 0.2) is 0 Å². The Hall–Kier alpha value is -1.20. The summed E-state index contributed by atoms with van der Waals surface area (Å²) in [6, 6.07) is 7.75. The molecule has 0 fully saturated rings. The number of ether oxygens (including phenoxy) is 1. The van der Waals surface area contributed by atoms with Gasteiger partial charge in [-0.15, -0.1) is 11.8 Å². The molecule has 0 saturated carbocycles. The molecule has 0 aliphatic rings. The van der Waals surface area contributed by atoms with Crippen LogP contribution in [0.2, 0.25) is 0 Å². The second kappa shape index (κ2) is 5.93. The first-order valence-corrected chi connectivity index (χ1v) is 6.26. The molecule has 0 heterocycles. The van der Waals surface area contributed by atoms with Crippen molar-refractivity contribution in [2.75, 3.05) is 12.9 Å². The van der Waals surface area contributed by atoms with E-state index in [-0.39, 0.29) is 5.91 Å². The van der Waals surface area contributed by atoms with Crippen LogP contribution in [0.4, 0.5) is 0 Å². The number of amides is 1. The van der Waals surface area contributed by atoms with Gasteiger partial charge in [0.05, 0.1) is 12.5 Å². The molecule has 0 bridgehead atoms. The fourth-order valence-electron chi connectivity index (χ4n) is 1.20. The summed E-state index contributed by atoms with van der Waals surface area (Å²) in [4.78, 5) is 12.6. The van der Waals surface area contributed by atoms with E-state index in [1.54, 1.807) is 18.9 Å². The minimum Gasteiger partial charge on any atom is -0.497 e. The van der Waals surface area contributed by atoms with Crippen molar-refractivity contribution < 1.29 is 9.53 Å². The van der Waals surface area contributed by atoms with Crippen molar-refractivity contribution in [3.63, 3.8) is 0 Å². The van der Waals surface area contributed by atoms with Crippen LogP contribution < -0.4 is 16.0 Å². The van der Waals surface area contributed by atoms with Crippen molar-refractivity contribution in [3.8, 4) is 5.75 Å². The predicted molar refractivity (Wildman–Crippen MR) is 69.8 cm³/mol. The summed E-state index contributed by atoms with van der Waals surface area (Å²) in [5.74, 6) is 6.48. The number of carbonyl (C=O) groups is 1. The van der Waals surface area contributed by atoms with Crippen molar-refractivity contribution >= 4 is 17.7 Å². The Morgan fingerprint density at radius 3 is 2.47 bits per heavy atom. The summed E-state index contributed by atoms with van der Waals surface area (Å²) in [7, 11) is 1.64. The average molecular weight is 254 g/mol. The van der Waals surface area contributed by atoms with Gasteiger partial charge in [-0.3, -0.25) is 10.2 Å². The van der Waals surface area contributed by atoms with E-state index in [9.17, 15) is 4.79 Å². The van der Waals surface area contributed by atoms with E-state index in [1.165, 1.54) is 0 Å². The molecule has 0 aliphatic heterocycles. The van der Waals surface area contributed by atoms with Crippen molar-refractivity contribution in [1.82, 2.24) is 5.43 Å². The molecule has 1 aromatic carbocycles. The van der Waals surface area contributed by atoms with Gasteiger partial charge in [0.2, 0.25) is 5.91 Å². The van der Waals surface area contributed by atoms with E-state index < -0.39 is 5.41 Å². The monoisotopic (exact) mass is 254 g/mol. The van der Waals surface area contributed by atoms with Crippen molar-refractivity contribution in [2.24, 2.45) is 11.3 Å². The molecule has 0 unspecified atom stereocenters. The maximum Gasteiger partial charge on any atom is 0.240 e. The maximum atomic E-state index is 11.5. The second-order valence-corrected chi connectivity index (χ2v) is 5.37. The second-order valence-electron chi connectivity index (χ2n) is 4.32. The normalized spacial score (nSPS) is 11.1. The highest BCUT2D eigenvalue weighted by atomic mass is 32.2. The number of hydrazine groups is 1. The molecule has 17 heavy (non-hydrogen) atoms. The first kappa shape index (κ1) is 13.9. The molecular weight excluding hydrogens is 236 g/mol. The minimum absolute atomic E-state index is 0.154. The highest BCUT2D eigenvalue weighted by molar-refractivity contribution is 7.99. The first-order valence-electron chi connectivity index (χ1n) is 5.27. The SMILES string of the molecule is COc1ccc(SCC(C)(C)C(=O)NN)cc1. The van der Waals surface area contributed by atoms with Crippen LogP contribution in [0.15, 0.2) is 29.2 Å². The number of hydrogen-bond acceptors (Lipinski definition) is 4. The van der Waals surface area contributed by atoms with Gasteiger partial charge in [-0.2, -0.15) is 0 Å². The lowest BCUT2D eigenvalue weighted by atomic mass is 9.96. The Morgan fingerprint density at radius 1 is 1.41 bits per heavy atom. The number of thioether (sulfide) groups is 1. The van der Waals surface area contributed by atoms with E-state index in [1.807, 2.05) is 38.1 Å². The summed E-state index contributed by atoms with van der Waals surface area (Å²) in [6.45, 7) is 3.73. The highest BCUT2D eigenvalue weighted by Crippen LogP contribution is 2.28. The van der Waals surface area contributed by atoms with Gasteiger partial charge in [0.25, 0.3) is 0 Å². The summed E-state index contributed by atoms with van der Waals surface area (Å²) >= 11 is 1.62. The Kier molecular flexibility index (Phi) is 4.84. The van der Waals surface area contributed by atoms with Gasteiger partial charge >= 0.3 is 0 Å². The molecule has 5 heteroatoms. The maximum absolute atomic E-state index is 11.5. The van der Waals surface area contributed by atoms with E-state index in [2.05, 4.69) is 5.43 Å². The Labute approximate surface area is 106 Å². The minimum atomic E-state index is -0.487. The number of hydrogen-bond donors (Lipinski definition) is 2. The molecule has 0 aromatic heterocycles. The average Bonchev–Trinajstić information content (AvgIpc) is 2.36. The number of rotatable bonds is 5. The van der Waals surface area contributed by atoms with E-state index >= 15 is 0 Å². The van der Waals surface area contributed by atoms with E-state index in [0.717, 1.165) is 10.6 Å². The van der Waals surface area contributed by atoms with Gasteiger partial charge in [-0.25, -0.2) is 5.84 Å². The van der Waals surface area contributed by atoms with Crippen LogP contribution >= 0.6 is 11.8 Å². The van der Waals surface area contributed by atoms with Crippen LogP contribution in [-0.2, 0) is 4.79 Å². The van der Waals surface area contributed by atoms with Crippen LogP contribution in [0, 0.1) is 5.41 Å². The molecule has 3 N–H and O–H groups in total. The summed E-state index contributed by atoms with van der Waals surface area (Å²) in [5.41, 5.74) is 1.70. The molecule has 1 aromatic rings. The van der Waals surface area contributed by atoms with Crippen molar-refractivity contribution in [3.05, 3.63) is 24.3 Å². The number of nitrogens with one attached hydrogen (secondary N) is 1. The van der Waals surface area contributed by atoms with Crippen molar-refractivity contribution in [2.45, 2.75) is 18.7 Å². The van der Waals surface area contributed by atoms with Crippen LogP contribution in [0.5, 0.6) is 5.75 Å². The van der Waals surface area contributed by atoms with Gasteiger partial charge in [0.1, 0.15) is 5.75 Å². The number of methoxy groups -OCH3 is 1. The van der Waals surface area contributed by atoms with Gasteiger partial charge < -0.3 is 4.74 Å². The molecule has 94 valence electrons. The smallest absolute Gasteiger partial charge is 0.240 e. The molecule has 4 nitrogen and oxygen atoms in total. The lowest BCUT2D eigenvalue weighted by Gasteiger charge is -2.21. The summed E-state index contributed by atoms with van der Waals surface area (Å²) in [6.07, 6.45) is 0. The summed E-state index contributed by atoms with van der Waals surface area (Å²) in [5, 5.41) is 0. The standard InChI is InChI=1S/C12H18N2O2S/c1-12(2,11(15)14-13)8-17-10-6-4-9(16-3)5-7-10/h4-7H,8,13H2,1-3H3,(H,14,15). The van der Waals surface area contributed by atoms with Crippen LogP contribution in [0.3, 0.4) is 0 Å². The number of nitrogens with two attached hydrogens (primary N) is 1. The zero-order valence-electron chi connectivity index (χ0n) is 10.3. The molecule has 0 aliphatic carbocycles. The topological polar surface area (TPSA) is 64.3 Å². The largest absolute Gasteiger partial charge is 0.497 e. The highest BCUT2D eigenvalue weighted by Gasteiger charge is 2.26. The Bertz CT molecular complexity index is 377. The van der Waals surface area contributed by atoms with Gasteiger partial charge in [-0.1, -0.05) is 13.8 Å². The third-order valence-corrected chi connectivity index (χ3v) is 3.88. The van der Waals surface area contributed by atoms with E-state index in [4.69, 9.17) is 10.6 Å².